The second-order valence-electron chi connectivity index (χ2n) is 4.65. The number of hydrogen-bond donors (Lipinski definition) is 0. The van der Waals surface area contributed by atoms with Crippen LogP contribution in [0.25, 0.3) is 0 Å². The molecular formula is C13H16FNO3. The van der Waals surface area contributed by atoms with Crippen LogP contribution >= 0.6 is 0 Å². The largest absolute Gasteiger partial charge is 0.457 e. The van der Waals surface area contributed by atoms with Crippen molar-refractivity contribution in [2.24, 2.45) is 5.16 Å². The highest BCUT2D eigenvalue weighted by molar-refractivity contribution is 5.79. The lowest BCUT2D eigenvalue weighted by Gasteiger charge is -2.18. The molecule has 0 unspecified atom stereocenters. The Hall–Kier alpha value is -1.91. The van der Waals surface area contributed by atoms with Gasteiger partial charge in [0, 0.05) is 0 Å². The fourth-order valence-corrected chi connectivity index (χ4v) is 1.11. The summed E-state index contributed by atoms with van der Waals surface area (Å²) in [6.07, 6.45) is 1.39. The maximum Gasteiger partial charge on any atom is 0.347 e. The molecule has 4 nitrogen and oxygen atoms in total. The molecule has 0 bridgehead atoms. The van der Waals surface area contributed by atoms with E-state index < -0.39 is 11.6 Å². The molecule has 0 aliphatic heterocycles. The summed E-state index contributed by atoms with van der Waals surface area (Å²) in [4.78, 5) is 16.0. The van der Waals surface area contributed by atoms with Crippen molar-refractivity contribution in [1.29, 1.82) is 0 Å². The predicted molar refractivity (Wildman–Crippen MR) is 65.8 cm³/mol. The summed E-state index contributed by atoms with van der Waals surface area (Å²) in [6, 6.07) is 5.73. The van der Waals surface area contributed by atoms with E-state index in [0.717, 1.165) is 0 Å². The Balaban J connectivity index is 2.33. The fourth-order valence-electron chi connectivity index (χ4n) is 1.11. The van der Waals surface area contributed by atoms with E-state index in [1.807, 2.05) is 0 Å². The van der Waals surface area contributed by atoms with E-state index in [2.05, 4.69) is 5.16 Å². The van der Waals surface area contributed by atoms with Crippen molar-refractivity contribution >= 4 is 12.2 Å². The van der Waals surface area contributed by atoms with Gasteiger partial charge in [0.25, 0.3) is 0 Å². The maximum absolute atomic E-state index is 12.6. The summed E-state index contributed by atoms with van der Waals surface area (Å²) in [7, 11) is 0. The van der Waals surface area contributed by atoms with Gasteiger partial charge in [0.2, 0.25) is 6.61 Å². The highest BCUT2D eigenvalue weighted by Gasteiger charge is 2.16. The zero-order valence-electron chi connectivity index (χ0n) is 10.6. The molecule has 0 aliphatic carbocycles. The van der Waals surface area contributed by atoms with E-state index in [-0.39, 0.29) is 12.4 Å². The summed E-state index contributed by atoms with van der Waals surface area (Å²) < 4.78 is 17.6. The molecule has 0 fully saturated rings. The molecule has 1 rings (SSSR count). The third-order valence-electron chi connectivity index (χ3n) is 1.75. The SMILES string of the molecule is CC(C)(C)OC(=O)CO/N=C/c1ccc(F)cc1. The minimum Gasteiger partial charge on any atom is -0.457 e. The number of esters is 1. The van der Waals surface area contributed by atoms with Crippen molar-refractivity contribution < 1.29 is 18.8 Å². The lowest BCUT2D eigenvalue weighted by atomic mass is 10.2. The van der Waals surface area contributed by atoms with Gasteiger partial charge in [0.1, 0.15) is 11.4 Å². The molecule has 0 atom stereocenters. The van der Waals surface area contributed by atoms with Crippen molar-refractivity contribution in [3.8, 4) is 0 Å². The predicted octanol–water partition coefficient (Wildman–Crippen LogP) is 2.52. The summed E-state index contributed by atoms with van der Waals surface area (Å²) in [5.41, 5.74) is 0.141. The van der Waals surface area contributed by atoms with Gasteiger partial charge in [-0.1, -0.05) is 17.3 Å². The molecule has 5 heteroatoms. The van der Waals surface area contributed by atoms with Crippen LogP contribution in [0.1, 0.15) is 26.3 Å². The number of oxime groups is 1. The highest BCUT2D eigenvalue weighted by atomic mass is 19.1. The molecule has 0 aromatic heterocycles. The topological polar surface area (TPSA) is 47.9 Å². The van der Waals surface area contributed by atoms with Crippen LogP contribution in [0, 0.1) is 5.82 Å². The molecule has 0 spiro atoms. The first kappa shape index (κ1) is 14.2. The molecular weight excluding hydrogens is 237 g/mol. The number of benzene rings is 1. The third kappa shape index (κ3) is 5.98. The van der Waals surface area contributed by atoms with Crippen molar-refractivity contribution in [2.75, 3.05) is 6.61 Å². The summed E-state index contributed by atoms with van der Waals surface area (Å²) >= 11 is 0. The second kappa shape index (κ2) is 6.14. The maximum atomic E-state index is 12.6. The Morgan fingerprint density at radius 3 is 2.50 bits per heavy atom. The van der Waals surface area contributed by atoms with E-state index in [1.165, 1.54) is 18.3 Å². The molecule has 0 amide bonds. The number of hydrogen-bond acceptors (Lipinski definition) is 4. The number of ether oxygens (including phenoxy) is 1. The minimum absolute atomic E-state index is 0.255. The van der Waals surface area contributed by atoms with Crippen LogP contribution < -0.4 is 0 Å². The van der Waals surface area contributed by atoms with Gasteiger partial charge in [-0.05, 0) is 38.5 Å². The summed E-state index contributed by atoms with van der Waals surface area (Å²) in [5, 5.41) is 3.59. The first-order valence-electron chi connectivity index (χ1n) is 5.49. The van der Waals surface area contributed by atoms with Crippen LogP contribution in [0.5, 0.6) is 0 Å². The molecule has 0 saturated carbocycles. The van der Waals surface area contributed by atoms with Crippen molar-refractivity contribution in [3.63, 3.8) is 0 Å². The number of nitrogens with zero attached hydrogens (tertiary/aromatic N) is 1. The van der Waals surface area contributed by atoms with Gasteiger partial charge in [-0.2, -0.15) is 0 Å². The standard InChI is InChI=1S/C13H16FNO3/c1-13(2,3)18-12(16)9-17-15-8-10-4-6-11(14)7-5-10/h4-8H,9H2,1-3H3/b15-8+. The van der Waals surface area contributed by atoms with Gasteiger partial charge >= 0.3 is 5.97 Å². The molecule has 0 heterocycles. The zero-order valence-corrected chi connectivity index (χ0v) is 10.6. The number of halogens is 1. The number of carbonyl (C=O) groups excluding carboxylic acids is 1. The average molecular weight is 253 g/mol. The molecule has 0 aliphatic rings. The van der Waals surface area contributed by atoms with Gasteiger partial charge in [0.15, 0.2) is 0 Å². The van der Waals surface area contributed by atoms with E-state index in [0.29, 0.717) is 5.56 Å². The Labute approximate surface area is 105 Å². The van der Waals surface area contributed by atoms with Gasteiger partial charge in [-0.25, -0.2) is 9.18 Å². The van der Waals surface area contributed by atoms with Crippen LogP contribution in [0.2, 0.25) is 0 Å². The van der Waals surface area contributed by atoms with E-state index in [9.17, 15) is 9.18 Å². The van der Waals surface area contributed by atoms with Gasteiger partial charge < -0.3 is 9.57 Å². The zero-order chi connectivity index (χ0) is 13.6. The van der Waals surface area contributed by atoms with Crippen molar-refractivity contribution in [1.82, 2.24) is 0 Å². The van der Waals surface area contributed by atoms with E-state index >= 15 is 0 Å². The van der Waals surface area contributed by atoms with E-state index in [1.54, 1.807) is 32.9 Å². The Morgan fingerprint density at radius 1 is 1.33 bits per heavy atom. The van der Waals surface area contributed by atoms with Gasteiger partial charge in [0.05, 0.1) is 6.21 Å². The lowest BCUT2D eigenvalue weighted by Crippen LogP contribution is -2.26. The summed E-state index contributed by atoms with van der Waals surface area (Å²) in [6.45, 7) is 5.06. The molecule has 18 heavy (non-hydrogen) atoms. The van der Waals surface area contributed by atoms with Crippen LogP contribution in [0.4, 0.5) is 4.39 Å². The Kier molecular flexibility index (Phi) is 4.83. The fraction of sp³-hybridized carbons (Fsp3) is 0.385. The average Bonchev–Trinajstić information content (AvgIpc) is 2.24. The smallest absolute Gasteiger partial charge is 0.347 e. The third-order valence-corrected chi connectivity index (χ3v) is 1.75. The number of carbonyl (C=O) groups is 1. The first-order valence-corrected chi connectivity index (χ1v) is 5.49. The monoisotopic (exact) mass is 253 g/mol. The van der Waals surface area contributed by atoms with Crippen molar-refractivity contribution in [3.05, 3.63) is 35.6 Å². The van der Waals surface area contributed by atoms with Crippen LogP contribution in [-0.4, -0.2) is 24.4 Å². The molecule has 1 aromatic carbocycles. The highest BCUT2D eigenvalue weighted by Crippen LogP contribution is 2.06. The van der Waals surface area contributed by atoms with Gasteiger partial charge in [-0.3, -0.25) is 0 Å². The number of rotatable bonds is 4. The second-order valence-corrected chi connectivity index (χ2v) is 4.65. The van der Waals surface area contributed by atoms with Gasteiger partial charge in [-0.15, -0.1) is 0 Å². The quantitative estimate of drug-likeness (QED) is 0.470. The molecule has 0 saturated heterocycles. The summed E-state index contributed by atoms with van der Waals surface area (Å²) in [5.74, 6) is -0.805. The van der Waals surface area contributed by atoms with Crippen LogP contribution in [0.3, 0.4) is 0 Å². The minimum atomic E-state index is -0.541. The Morgan fingerprint density at radius 2 is 1.94 bits per heavy atom. The normalized spacial score (nSPS) is 11.6. The molecule has 98 valence electrons. The Bertz CT molecular complexity index is 421. The van der Waals surface area contributed by atoms with Crippen LogP contribution in [-0.2, 0) is 14.4 Å². The van der Waals surface area contributed by atoms with Crippen LogP contribution in [0.15, 0.2) is 29.4 Å². The lowest BCUT2D eigenvalue weighted by molar-refractivity contribution is -0.160. The molecule has 0 N–H and O–H groups in total. The van der Waals surface area contributed by atoms with E-state index in [4.69, 9.17) is 9.57 Å². The first-order chi connectivity index (χ1) is 8.37. The molecule has 0 radical (unpaired) electrons. The van der Waals surface area contributed by atoms with Crippen molar-refractivity contribution in [2.45, 2.75) is 26.4 Å². The molecule has 1 aromatic rings.